The third-order valence-corrected chi connectivity index (χ3v) is 5.11. The second-order valence-electron chi connectivity index (χ2n) is 6.41. The van der Waals surface area contributed by atoms with Crippen molar-refractivity contribution >= 4 is 57.3 Å². The summed E-state index contributed by atoms with van der Waals surface area (Å²) in [5.41, 5.74) is 4.53. The fourth-order valence-corrected chi connectivity index (χ4v) is 3.39. The zero-order valence-electron chi connectivity index (χ0n) is 15.9. The molecule has 8 nitrogen and oxygen atoms in total. The number of morpholine rings is 1. The lowest BCUT2D eigenvalue weighted by Gasteiger charge is -2.27. The van der Waals surface area contributed by atoms with Gasteiger partial charge in [0.15, 0.2) is 0 Å². The first-order valence-corrected chi connectivity index (χ1v) is 10.5. The molecule has 1 saturated heterocycles. The first-order valence-electron chi connectivity index (χ1n) is 9.32. The molecule has 0 unspecified atom stereocenters. The maximum atomic E-state index is 6.17. The van der Waals surface area contributed by atoms with Crippen molar-refractivity contribution in [3.63, 3.8) is 0 Å². The molecule has 2 N–H and O–H groups in total. The first-order chi connectivity index (χ1) is 14.7. The number of benzene rings is 2. The Hall–Kier alpha value is -2.75. The van der Waals surface area contributed by atoms with E-state index in [1.54, 1.807) is 6.21 Å². The molecule has 0 radical (unpaired) electrons. The van der Waals surface area contributed by atoms with Crippen LogP contribution in [0.3, 0.4) is 0 Å². The Balaban J connectivity index is 1.58. The van der Waals surface area contributed by atoms with Gasteiger partial charge < -0.3 is 15.0 Å². The molecule has 3 aromatic rings. The van der Waals surface area contributed by atoms with E-state index in [2.05, 4.69) is 51.6 Å². The summed E-state index contributed by atoms with van der Waals surface area (Å²) in [7, 11) is 0. The molecule has 0 saturated carbocycles. The molecule has 10 heteroatoms. The smallest absolute Gasteiger partial charge is 0.250 e. The number of rotatable bonds is 6. The summed E-state index contributed by atoms with van der Waals surface area (Å²) in [4.78, 5) is 15.6. The van der Waals surface area contributed by atoms with Gasteiger partial charge in [0.05, 0.1) is 19.4 Å². The van der Waals surface area contributed by atoms with Crippen LogP contribution < -0.4 is 15.6 Å². The molecule has 0 aliphatic carbocycles. The molecule has 1 aliphatic heterocycles. The van der Waals surface area contributed by atoms with Crippen LogP contribution in [0.25, 0.3) is 0 Å². The van der Waals surface area contributed by atoms with Gasteiger partial charge in [-0.25, -0.2) is 5.43 Å². The van der Waals surface area contributed by atoms with Crippen molar-refractivity contribution in [1.29, 1.82) is 0 Å². The molecule has 1 aliphatic rings. The Morgan fingerprint density at radius 2 is 1.83 bits per heavy atom. The van der Waals surface area contributed by atoms with Crippen LogP contribution in [0.15, 0.2) is 58.1 Å². The molecule has 0 bridgehead atoms. The van der Waals surface area contributed by atoms with Crippen LogP contribution in [-0.4, -0.2) is 47.5 Å². The minimum absolute atomic E-state index is 0.326. The SMILES string of the molecule is Clc1ccccc1/C=N\Nc1nc(Nc2cccc(Br)c2)nc(N2CCOCC2)n1. The van der Waals surface area contributed by atoms with Gasteiger partial charge in [0, 0.05) is 33.8 Å². The van der Waals surface area contributed by atoms with E-state index in [0.29, 0.717) is 49.2 Å². The van der Waals surface area contributed by atoms with Crippen LogP contribution in [0, 0.1) is 0 Å². The summed E-state index contributed by atoms with van der Waals surface area (Å²) in [5.74, 6) is 1.30. The second-order valence-corrected chi connectivity index (χ2v) is 7.73. The van der Waals surface area contributed by atoms with Crippen molar-refractivity contribution < 1.29 is 4.74 Å². The minimum atomic E-state index is 0.326. The van der Waals surface area contributed by atoms with Crippen LogP contribution in [0.4, 0.5) is 23.5 Å². The van der Waals surface area contributed by atoms with E-state index in [9.17, 15) is 0 Å². The Morgan fingerprint density at radius 3 is 2.63 bits per heavy atom. The molecule has 1 aromatic heterocycles. The quantitative estimate of drug-likeness (QED) is 0.395. The van der Waals surface area contributed by atoms with Crippen molar-refractivity contribution in [1.82, 2.24) is 15.0 Å². The van der Waals surface area contributed by atoms with E-state index in [0.717, 1.165) is 15.7 Å². The minimum Gasteiger partial charge on any atom is -0.378 e. The molecule has 0 spiro atoms. The largest absolute Gasteiger partial charge is 0.378 e. The van der Waals surface area contributed by atoms with Gasteiger partial charge in [-0.15, -0.1) is 0 Å². The molecule has 0 amide bonds. The molecule has 2 aromatic carbocycles. The average Bonchev–Trinajstić information content (AvgIpc) is 2.76. The van der Waals surface area contributed by atoms with E-state index < -0.39 is 0 Å². The van der Waals surface area contributed by atoms with Crippen LogP contribution >= 0.6 is 27.5 Å². The Kier molecular flexibility index (Phi) is 6.73. The lowest BCUT2D eigenvalue weighted by atomic mass is 10.2. The molecule has 154 valence electrons. The van der Waals surface area contributed by atoms with Crippen LogP contribution in [0.5, 0.6) is 0 Å². The molecule has 2 heterocycles. The monoisotopic (exact) mass is 487 g/mol. The lowest BCUT2D eigenvalue weighted by molar-refractivity contribution is 0.122. The lowest BCUT2D eigenvalue weighted by Crippen LogP contribution is -2.37. The van der Waals surface area contributed by atoms with Gasteiger partial charge in [0.2, 0.25) is 17.8 Å². The maximum Gasteiger partial charge on any atom is 0.250 e. The van der Waals surface area contributed by atoms with E-state index in [1.165, 1.54) is 0 Å². The summed E-state index contributed by atoms with van der Waals surface area (Å²) in [5, 5.41) is 8.06. The number of nitrogens with one attached hydrogen (secondary N) is 2. The highest BCUT2D eigenvalue weighted by molar-refractivity contribution is 9.10. The molecular weight excluding hydrogens is 470 g/mol. The number of hydrazone groups is 1. The fourth-order valence-electron chi connectivity index (χ4n) is 2.81. The summed E-state index contributed by atoms with van der Waals surface area (Å²) in [6, 6.07) is 15.2. The van der Waals surface area contributed by atoms with E-state index in [1.807, 2.05) is 48.5 Å². The highest BCUT2D eigenvalue weighted by Gasteiger charge is 2.16. The van der Waals surface area contributed by atoms with Crippen LogP contribution in [0.1, 0.15) is 5.56 Å². The number of hydrogen-bond donors (Lipinski definition) is 2. The van der Waals surface area contributed by atoms with Crippen molar-refractivity contribution in [2.24, 2.45) is 5.10 Å². The van der Waals surface area contributed by atoms with Crippen LogP contribution in [0.2, 0.25) is 5.02 Å². The van der Waals surface area contributed by atoms with Crippen molar-refractivity contribution in [3.8, 4) is 0 Å². The van der Waals surface area contributed by atoms with Gasteiger partial charge in [-0.3, -0.25) is 0 Å². The van der Waals surface area contributed by atoms with Crippen molar-refractivity contribution in [2.75, 3.05) is 41.9 Å². The number of nitrogens with zero attached hydrogens (tertiary/aromatic N) is 5. The average molecular weight is 489 g/mol. The zero-order chi connectivity index (χ0) is 20.8. The number of halogens is 2. The van der Waals surface area contributed by atoms with Gasteiger partial charge in [-0.2, -0.15) is 20.1 Å². The van der Waals surface area contributed by atoms with E-state index in [4.69, 9.17) is 16.3 Å². The topological polar surface area (TPSA) is 87.6 Å². The fraction of sp³-hybridized carbons (Fsp3) is 0.200. The summed E-state index contributed by atoms with van der Waals surface area (Å²) < 4.78 is 6.39. The Bertz CT molecular complexity index is 1040. The number of hydrogen-bond acceptors (Lipinski definition) is 8. The summed E-state index contributed by atoms with van der Waals surface area (Å²) >= 11 is 9.64. The number of anilines is 4. The summed E-state index contributed by atoms with van der Waals surface area (Å²) in [6.07, 6.45) is 1.63. The van der Waals surface area contributed by atoms with E-state index >= 15 is 0 Å². The summed E-state index contributed by atoms with van der Waals surface area (Å²) in [6.45, 7) is 2.69. The second kappa shape index (κ2) is 9.84. The van der Waals surface area contributed by atoms with Gasteiger partial charge in [-0.05, 0) is 24.3 Å². The molecular formula is C20H19BrClN7O. The number of aromatic nitrogens is 3. The zero-order valence-corrected chi connectivity index (χ0v) is 18.3. The molecule has 1 fully saturated rings. The Labute approximate surface area is 187 Å². The molecule has 4 rings (SSSR count). The number of ether oxygens (including phenoxy) is 1. The first kappa shape index (κ1) is 20.5. The van der Waals surface area contributed by atoms with Crippen LogP contribution in [-0.2, 0) is 4.74 Å². The highest BCUT2D eigenvalue weighted by atomic mass is 79.9. The van der Waals surface area contributed by atoms with Crippen molar-refractivity contribution in [2.45, 2.75) is 0 Å². The predicted octanol–water partition coefficient (Wildman–Crippen LogP) is 4.31. The Morgan fingerprint density at radius 1 is 1.03 bits per heavy atom. The highest BCUT2D eigenvalue weighted by Crippen LogP contribution is 2.21. The van der Waals surface area contributed by atoms with Gasteiger partial charge in [-0.1, -0.05) is 51.8 Å². The maximum absolute atomic E-state index is 6.17. The third kappa shape index (κ3) is 5.44. The van der Waals surface area contributed by atoms with Gasteiger partial charge in [0.1, 0.15) is 0 Å². The predicted molar refractivity (Wildman–Crippen MR) is 123 cm³/mol. The normalized spacial score (nSPS) is 14.1. The molecule has 30 heavy (non-hydrogen) atoms. The van der Waals surface area contributed by atoms with Gasteiger partial charge >= 0.3 is 0 Å². The van der Waals surface area contributed by atoms with Crippen molar-refractivity contribution in [3.05, 3.63) is 63.6 Å². The van der Waals surface area contributed by atoms with E-state index in [-0.39, 0.29) is 0 Å². The molecule has 0 atom stereocenters. The standard InChI is InChI=1S/C20H19BrClN7O/c21-15-5-3-6-16(12-15)24-18-25-19(27-20(26-18)29-8-10-30-11-9-29)28-23-13-14-4-1-2-7-17(14)22/h1-7,12-13H,8-11H2,(H2,24,25,26,27,28)/b23-13-. The van der Waals surface area contributed by atoms with Gasteiger partial charge in [0.25, 0.3) is 0 Å². The third-order valence-electron chi connectivity index (χ3n) is 4.27.